The third-order valence-electron chi connectivity index (χ3n) is 4.26. The highest BCUT2D eigenvalue weighted by Gasteiger charge is 2.30. The Hall–Kier alpha value is -1.24. The molecule has 0 N–H and O–H groups in total. The van der Waals surface area contributed by atoms with Crippen LogP contribution in [0.15, 0.2) is 18.2 Å². The van der Waals surface area contributed by atoms with Crippen molar-refractivity contribution < 1.29 is 9.35 Å². The Kier molecular flexibility index (Phi) is 5.60. The highest BCUT2D eigenvalue weighted by atomic mass is 28.3. The van der Waals surface area contributed by atoms with E-state index in [4.69, 9.17) is 4.43 Å². The van der Waals surface area contributed by atoms with E-state index in [0.717, 1.165) is 31.6 Å². The lowest BCUT2D eigenvalue weighted by Crippen LogP contribution is -2.44. The highest BCUT2D eigenvalue weighted by molar-refractivity contribution is 6.48. The number of non-ortho nitro benzene ring substituents is 1. The largest absolute Gasteiger partial charge is 0.412 e. The first kappa shape index (κ1) is 18.1. The summed E-state index contributed by atoms with van der Waals surface area (Å²) in [6.07, 6.45) is 1.13. The summed E-state index contributed by atoms with van der Waals surface area (Å²) in [5.41, 5.74) is 2.58. The molecule has 1 aromatic rings. The molecule has 0 aliphatic carbocycles. The molecule has 0 amide bonds. The number of hydrogen-bond donors (Lipinski definition) is 0. The Morgan fingerprint density at radius 2 is 2.04 bits per heavy atom. The van der Waals surface area contributed by atoms with Crippen LogP contribution in [0.5, 0.6) is 0 Å². The number of nitro groups is 1. The van der Waals surface area contributed by atoms with Crippen LogP contribution in [0.3, 0.4) is 0 Å². The van der Waals surface area contributed by atoms with Crippen molar-refractivity contribution in [2.45, 2.75) is 52.9 Å². The van der Waals surface area contributed by atoms with E-state index in [2.05, 4.69) is 38.8 Å². The predicted octanol–water partition coefficient (Wildman–Crippen LogP) is 3.64. The first-order valence-corrected chi connectivity index (χ1v) is 10.5. The highest BCUT2D eigenvalue weighted by Crippen LogP contribution is 2.28. The second-order valence-corrected chi connectivity index (χ2v) is 9.63. The van der Waals surface area contributed by atoms with Crippen LogP contribution in [-0.2, 0) is 17.4 Å². The lowest BCUT2D eigenvalue weighted by Gasteiger charge is -2.38. The summed E-state index contributed by atoms with van der Waals surface area (Å²) >= 11 is 0. The van der Waals surface area contributed by atoms with Crippen LogP contribution < -0.4 is 0 Å². The van der Waals surface area contributed by atoms with Gasteiger partial charge in [-0.1, -0.05) is 26.8 Å². The van der Waals surface area contributed by atoms with Crippen molar-refractivity contribution in [2.24, 2.45) is 5.41 Å². The molecule has 127 valence electrons. The molecule has 1 unspecified atom stereocenters. The van der Waals surface area contributed by atoms with Crippen LogP contribution in [0.25, 0.3) is 0 Å². The van der Waals surface area contributed by atoms with Gasteiger partial charge in [0, 0.05) is 31.8 Å². The quantitative estimate of drug-likeness (QED) is 0.468. The van der Waals surface area contributed by atoms with Crippen molar-refractivity contribution in [3.05, 3.63) is 39.4 Å². The molecule has 0 saturated heterocycles. The molecule has 0 aromatic heterocycles. The summed E-state index contributed by atoms with van der Waals surface area (Å²) in [6.45, 7) is 13.6. The molecule has 5 nitrogen and oxygen atoms in total. The second kappa shape index (κ2) is 7.11. The Balaban J connectivity index is 2.11. The van der Waals surface area contributed by atoms with Crippen LogP contribution in [0.2, 0.25) is 13.1 Å². The zero-order chi connectivity index (χ0) is 17.2. The Morgan fingerprint density at radius 1 is 1.35 bits per heavy atom. The van der Waals surface area contributed by atoms with Gasteiger partial charge in [-0.2, -0.15) is 0 Å². The van der Waals surface area contributed by atoms with Gasteiger partial charge in [0.15, 0.2) is 0 Å². The molecule has 6 heteroatoms. The van der Waals surface area contributed by atoms with Gasteiger partial charge in [-0.25, -0.2) is 0 Å². The number of rotatable bonds is 5. The lowest BCUT2D eigenvalue weighted by molar-refractivity contribution is -0.385. The maximum atomic E-state index is 11.0. The summed E-state index contributed by atoms with van der Waals surface area (Å²) in [6, 6.07) is 5.24. The average molecular weight is 336 g/mol. The first-order valence-electron chi connectivity index (χ1n) is 8.12. The molecular weight excluding hydrogens is 308 g/mol. The Bertz CT molecular complexity index is 569. The third-order valence-corrected chi connectivity index (χ3v) is 5.02. The molecule has 1 aliphatic heterocycles. The summed E-state index contributed by atoms with van der Waals surface area (Å²) in [7, 11) is -0.759. The van der Waals surface area contributed by atoms with Gasteiger partial charge in [-0.3, -0.25) is 15.0 Å². The van der Waals surface area contributed by atoms with Gasteiger partial charge in [0.1, 0.15) is 0 Å². The molecule has 1 aliphatic rings. The molecule has 0 bridgehead atoms. The van der Waals surface area contributed by atoms with Gasteiger partial charge in [0.05, 0.1) is 11.0 Å². The second-order valence-electron chi connectivity index (χ2n) is 7.58. The van der Waals surface area contributed by atoms with E-state index in [9.17, 15) is 10.1 Å². The summed E-state index contributed by atoms with van der Waals surface area (Å²) in [5, 5.41) is 11.0. The fourth-order valence-electron chi connectivity index (χ4n) is 2.88. The maximum absolute atomic E-state index is 11.0. The Labute approximate surface area is 140 Å². The molecule has 1 heterocycles. The van der Waals surface area contributed by atoms with Gasteiger partial charge in [0.2, 0.25) is 9.04 Å². The van der Waals surface area contributed by atoms with Crippen molar-refractivity contribution in [3.63, 3.8) is 0 Å². The van der Waals surface area contributed by atoms with E-state index in [1.807, 2.05) is 6.07 Å². The van der Waals surface area contributed by atoms with Crippen LogP contribution >= 0.6 is 0 Å². The van der Waals surface area contributed by atoms with Crippen molar-refractivity contribution in [3.8, 4) is 0 Å². The molecule has 0 spiro atoms. The molecule has 1 radical (unpaired) electrons. The van der Waals surface area contributed by atoms with Crippen molar-refractivity contribution >= 4 is 14.7 Å². The molecular formula is C17H27N2O3Si. The zero-order valence-corrected chi connectivity index (χ0v) is 15.8. The van der Waals surface area contributed by atoms with Crippen LogP contribution in [-0.4, -0.2) is 38.1 Å². The van der Waals surface area contributed by atoms with Crippen molar-refractivity contribution in [1.82, 2.24) is 4.90 Å². The van der Waals surface area contributed by atoms with Crippen LogP contribution in [0.4, 0.5) is 5.69 Å². The van der Waals surface area contributed by atoms with Gasteiger partial charge in [-0.05, 0) is 36.1 Å². The first-order chi connectivity index (χ1) is 10.7. The minimum atomic E-state index is -0.759. The molecule has 23 heavy (non-hydrogen) atoms. The predicted molar refractivity (Wildman–Crippen MR) is 93.9 cm³/mol. The number of fused-ring (bicyclic) bond motifs is 1. The standard InChI is InChI=1S/C17H27N2O3Si/c1-17(2,3)16(22-23(4)5)12-18-9-8-13-6-7-15(19(20)21)10-14(13)11-18/h6-7,10,16H,8-9,11-12H2,1-5H3. The van der Waals surface area contributed by atoms with E-state index in [-0.39, 0.29) is 22.1 Å². The van der Waals surface area contributed by atoms with Crippen molar-refractivity contribution in [1.29, 1.82) is 0 Å². The topological polar surface area (TPSA) is 55.6 Å². The number of nitrogens with zero attached hydrogens (tertiary/aromatic N) is 2. The molecule has 1 aromatic carbocycles. The van der Waals surface area contributed by atoms with E-state index in [0.29, 0.717) is 0 Å². The van der Waals surface area contributed by atoms with Gasteiger partial charge in [-0.15, -0.1) is 0 Å². The smallest absolute Gasteiger partial charge is 0.269 e. The average Bonchev–Trinajstić information content (AvgIpc) is 2.44. The molecule has 1 atom stereocenters. The fourth-order valence-corrected chi connectivity index (χ4v) is 3.88. The number of nitro benzene ring substituents is 1. The molecule has 2 rings (SSSR count). The summed E-state index contributed by atoms with van der Waals surface area (Å²) < 4.78 is 6.22. The number of hydrogen-bond acceptors (Lipinski definition) is 4. The molecule has 0 saturated carbocycles. The van der Waals surface area contributed by atoms with Gasteiger partial charge >= 0.3 is 0 Å². The van der Waals surface area contributed by atoms with Crippen LogP contribution in [0.1, 0.15) is 31.9 Å². The zero-order valence-electron chi connectivity index (χ0n) is 14.8. The fraction of sp³-hybridized carbons (Fsp3) is 0.647. The summed E-state index contributed by atoms with van der Waals surface area (Å²) in [4.78, 5) is 13.0. The monoisotopic (exact) mass is 335 g/mol. The SMILES string of the molecule is C[Si](C)OC(CN1CCc2ccc([N+](=O)[O-])cc2C1)C(C)(C)C. The maximum Gasteiger partial charge on any atom is 0.269 e. The summed E-state index contributed by atoms with van der Waals surface area (Å²) in [5.74, 6) is 0. The van der Waals surface area contributed by atoms with Crippen molar-refractivity contribution in [2.75, 3.05) is 13.1 Å². The van der Waals surface area contributed by atoms with E-state index in [1.165, 1.54) is 5.56 Å². The van der Waals surface area contributed by atoms with E-state index >= 15 is 0 Å². The van der Waals surface area contributed by atoms with Crippen LogP contribution in [0, 0.1) is 15.5 Å². The minimum absolute atomic E-state index is 0.0882. The molecule has 0 fully saturated rings. The number of benzene rings is 1. The van der Waals surface area contributed by atoms with Gasteiger partial charge in [0.25, 0.3) is 5.69 Å². The van der Waals surface area contributed by atoms with Gasteiger partial charge < -0.3 is 4.43 Å². The lowest BCUT2D eigenvalue weighted by atomic mass is 9.88. The minimum Gasteiger partial charge on any atom is -0.412 e. The Morgan fingerprint density at radius 3 is 2.61 bits per heavy atom. The normalized spacial score (nSPS) is 17.1. The van der Waals surface area contributed by atoms with E-state index < -0.39 is 9.04 Å². The van der Waals surface area contributed by atoms with E-state index in [1.54, 1.807) is 12.1 Å². The third kappa shape index (κ3) is 4.86.